The molecule has 25 heteroatoms. The van der Waals surface area contributed by atoms with E-state index in [0.717, 1.165) is 14.7 Å². The van der Waals surface area contributed by atoms with Gasteiger partial charge in [-0.3, -0.25) is 28.8 Å². The zero-order chi connectivity index (χ0) is 45.0. The maximum absolute atomic E-state index is 14.5. The molecule has 0 fully saturated rings. The van der Waals surface area contributed by atoms with E-state index in [2.05, 4.69) is 16.0 Å². The summed E-state index contributed by atoms with van der Waals surface area (Å²) in [6.07, 6.45) is -4.03. The number of hydrogen-bond donors (Lipinski definition) is 11. The number of rotatable bonds is 20. The maximum atomic E-state index is 14.5. The molecule has 0 aliphatic heterocycles. The van der Waals surface area contributed by atoms with Crippen LogP contribution in [0, 0.1) is 24.8 Å². The minimum absolute atomic E-state index is 0.0117. The number of nitrogens with zero attached hydrogens (tertiary/aromatic N) is 3. The first kappa shape index (κ1) is 53.7. The molecule has 0 heterocycles. The van der Waals surface area contributed by atoms with Gasteiger partial charge in [-0.2, -0.15) is 0 Å². The Morgan fingerprint density at radius 3 is 1.39 bits per heavy atom. The van der Waals surface area contributed by atoms with E-state index in [1.54, 1.807) is 113 Å². The highest BCUT2D eigenvalue weighted by atomic mass is 127. The molecule has 2 rings (SSSR count). The second-order valence-corrected chi connectivity index (χ2v) is 18.1. The zero-order valence-electron chi connectivity index (χ0n) is 31.6. The molecule has 3 atom stereocenters. The van der Waals surface area contributed by atoms with Crippen LogP contribution in [-0.4, -0.2) is 189 Å². The van der Waals surface area contributed by atoms with E-state index in [0.29, 0.717) is 0 Å². The van der Waals surface area contributed by atoms with Gasteiger partial charge < -0.3 is 71.5 Å². The molecule has 3 unspecified atom stereocenters. The van der Waals surface area contributed by atoms with Gasteiger partial charge in [-0.15, -0.1) is 0 Å². The fourth-order valence-electron chi connectivity index (χ4n) is 5.34. The van der Waals surface area contributed by atoms with Gasteiger partial charge in [-0.25, -0.2) is 0 Å². The Morgan fingerprint density at radius 1 is 0.559 bits per heavy atom. The number of amides is 6. The Labute approximate surface area is 406 Å². The number of aliphatic hydroxyl groups excluding tert-OH is 8. The number of benzene rings is 2. The van der Waals surface area contributed by atoms with Gasteiger partial charge in [0.25, 0.3) is 23.6 Å². The molecule has 59 heavy (non-hydrogen) atoms. The van der Waals surface area contributed by atoms with Crippen LogP contribution in [-0.2, 0) is 9.59 Å². The first-order chi connectivity index (χ1) is 27.6. The predicted molar refractivity (Wildman–Crippen MR) is 254 cm³/mol. The zero-order valence-corrected chi connectivity index (χ0v) is 42.3. The van der Waals surface area contributed by atoms with E-state index in [1.807, 2.05) is 0 Å². The minimum atomic E-state index is -1.47. The SMILES string of the molecule is Cc1c(NC(=O)CO)c(I)c(C(=O)N(C)CC(O)CO)c(I)c1C(=O)N(CCNC(=O)c1c(I)c(NC(=O)CO)c(I)c(C(=O)N(C)CC(O)CO)c1I)CC(O)CO. The standard InChI is InChI=1S/C34H43I5N6O14/c1-14-20(24(35)22(27(38)29(14)41-18(54)12-49)32(57)43(2)6-15(51)9-46)34(59)45(8-17(53)11-48)5-4-40-31(56)21-25(36)23(33(58)44(3)7-16(52)10-47)28(39)30(26(21)37)42-19(55)13-50/h15-17,46-53H,4-13H2,1-3H3,(H,40,56)(H,41,54)(H,42,55). The Kier molecular flexibility index (Phi) is 22.8. The maximum Gasteiger partial charge on any atom is 0.255 e. The smallest absolute Gasteiger partial charge is 0.255 e. The molecule has 0 aliphatic carbocycles. The van der Waals surface area contributed by atoms with Crippen molar-refractivity contribution < 1.29 is 69.6 Å². The molecule has 11 N–H and O–H groups in total. The van der Waals surface area contributed by atoms with E-state index in [1.165, 1.54) is 21.0 Å². The molecule has 0 aromatic heterocycles. The van der Waals surface area contributed by atoms with Crippen molar-refractivity contribution in [2.75, 3.05) is 90.5 Å². The lowest BCUT2D eigenvalue weighted by molar-refractivity contribution is -0.119. The molecule has 328 valence electrons. The monoisotopic (exact) mass is 1390 g/mol. The summed E-state index contributed by atoms with van der Waals surface area (Å²) < 4.78 is 0.838. The highest BCUT2D eigenvalue weighted by Crippen LogP contribution is 2.38. The number of hydrogen-bond acceptors (Lipinski definition) is 14. The van der Waals surface area contributed by atoms with Crippen molar-refractivity contribution in [3.8, 4) is 0 Å². The van der Waals surface area contributed by atoms with Crippen LogP contribution < -0.4 is 16.0 Å². The molecule has 20 nitrogen and oxygen atoms in total. The number of anilines is 2. The van der Waals surface area contributed by atoms with Crippen LogP contribution in [0.5, 0.6) is 0 Å². The summed E-state index contributed by atoms with van der Waals surface area (Å²) in [5, 5.41) is 85.4. The average molecular weight is 1390 g/mol. The van der Waals surface area contributed by atoms with Crippen molar-refractivity contribution in [1.82, 2.24) is 20.0 Å². The van der Waals surface area contributed by atoms with E-state index < -0.39 is 93.3 Å². The highest BCUT2D eigenvalue weighted by Gasteiger charge is 2.33. The Balaban J connectivity index is 2.69. The highest BCUT2D eigenvalue weighted by molar-refractivity contribution is 14.1. The molecule has 0 radical (unpaired) electrons. The van der Waals surface area contributed by atoms with Crippen LogP contribution in [0.4, 0.5) is 11.4 Å². The first-order valence-electron chi connectivity index (χ1n) is 17.1. The van der Waals surface area contributed by atoms with Crippen molar-refractivity contribution in [1.29, 1.82) is 0 Å². The molecular formula is C34H43I5N6O14. The Morgan fingerprint density at radius 2 is 0.949 bits per heavy atom. The third-order valence-electron chi connectivity index (χ3n) is 8.31. The topological polar surface area (TPSA) is 310 Å². The molecule has 2 aromatic carbocycles. The second kappa shape index (κ2) is 25.0. The number of aliphatic hydroxyl groups is 8. The Bertz CT molecular complexity index is 1930. The van der Waals surface area contributed by atoms with Crippen molar-refractivity contribution in [2.24, 2.45) is 0 Å². The first-order valence-corrected chi connectivity index (χ1v) is 22.5. The van der Waals surface area contributed by atoms with Gasteiger partial charge in [0.05, 0.1) is 82.5 Å². The van der Waals surface area contributed by atoms with Gasteiger partial charge in [0.1, 0.15) is 13.2 Å². The van der Waals surface area contributed by atoms with Gasteiger partial charge in [0.15, 0.2) is 0 Å². The normalized spacial score (nSPS) is 12.6. The molecule has 0 bridgehead atoms. The lowest BCUT2D eigenvalue weighted by atomic mass is 9.99. The molecular weight excluding hydrogens is 1350 g/mol. The third-order valence-corrected chi connectivity index (χ3v) is 13.7. The van der Waals surface area contributed by atoms with Gasteiger partial charge >= 0.3 is 0 Å². The number of nitrogens with one attached hydrogen (secondary N) is 3. The van der Waals surface area contributed by atoms with Gasteiger partial charge in [-0.1, -0.05) is 0 Å². The Hall–Kier alpha value is -1.41. The fourth-order valence-corrected chi connectivity index (χ4v) is 12.4. The quantitative estimate of drug-likeness (QED) is 0.0707. The van der Waals surface area contributed by atoms with Crippen molar-refractivity contribution in [2.45, 2.75) is 25.2 Å². The van der Waals surface area contributed by atoms with Crippen LogP contribution in [0.25, 0.3) is 0 Å². The number of halogens is 5. The second-order valence-electron chi connectivity index (χ2n) is 12.7. The largest absolute Gasteiger partial charge is 0.394 e. The van der Waals surface area contributed by atoms with Crippen LogP contribution in [0.1, 0.15) is 47.0 Å². The number of likely N-dealkylation sites (N-methyl/N-ethyl adjacent to an activating group) is 2. The van der Waals surface area contributed by atoms with Crippen LogP contribution in [0.3, 0.4) is 0 Å². The van der Waals surface area contributed by atoms with E-state index in [-0.39, 0.29) is 83.2 Å². The number of carbonyl (C=O) groups excluding carboxylic acids is 6. The lowest BCUT2D eigenvalue weighted by Crippen LogP contribution is -2.44. The van der Waals surface area contributed by atoms with Gasteiger partial charge in [0, 0.05) is 54.0 Å². The molecule has 0 aliphatic rings. The van der Waals surface area contributed by atoms with E-state index in [4.69, 9.17) is 0 Å². The van der Waals surface area contributed by atoms with Crippen LogP contribution in [0.2, 0.25) is 0 Å². The van der Waals surface area contributed by atoms with Gasteiger partial charge in [-0.05, 0) is 125 Å². The third kappa shape index (κ3) is 13.8. The fraction of sp³-hybridized carbons (Fsp3) is 0.471. The molecule has 0 saturated carbocycles. The molecule has 0 saturated heterocycles. The van der Waals surface area contributed by atoms with Crippen LogP contribution >= 0.6 is 113 Å². The van der Waals surface area contributed by atoms with Crippen LogP contribution in [0.15, 0.2) is 0 Å². The minimum Gasteiger partial charge on any atom is -0.394 e. The van der Waals surface area contributed by atoms with Crippen molar-refractivity contribution in [3.63, 3.8) is 0 Å². The summed E-state index contributed by atoms with van der Waals surface area (Å²) in [6, 6.07) is 0. The summed E-state index contributed by atoms with van der Waals surface area (Å²) in [7, 11) is 2.72. The summed E-state index contributed by atoms with van der Waals surface area (Å²) in [4.78, 5) is 83.9. The number of carbonyl (C=O) groups is 6. The summed E-state index contributed by atoms with van der Waals surface area (Å²) in [6.45, 7) is -4.05. The molecule has 6 amide bonds. The average Bonchev–Trinajstić information content (AvgIpc) is 3.19. The van der Waals surface area contributed by atoms with Crippen molar-refractivity contribution in [3.05, 3.63) is 45.7 Å². The lowest BCUT2D eigenvalue weighted by Gasteiger charge is -2.29. The predicted octanol–water partition coefficient (Wildman–Crippen LogP) is -1.04. The summed E-state index contributed by atoms with van der Waals surface area (Å²) in [5.41, 5.74) is -0.0633. The van der Waals surface area contributed by atoms with E-state index >= 15 is 0 Å². The van der Waals surface area contributed by atoms with Crippen molar-refractivity contribution >= 4 is 160 Å². The summed E-state index contributed by atoms with van der Waals surface area (Å²) in [5.74, 6) is -4.64. The molecule has 0 spiro atoms. The summed E-state index contributed by atoms with van der Waals surface area (Å²) >= 11 is 8.96. The van der Waals surface area contributed by atoms with Gasteiger partial charge in [0.2, 0.25) is 11.8 Å². The molecule has 2 aromatic rings. The van der Waals surface area contributed by atoms with E-state index in [9.17, 15) is 69.6 Å².